The molecule has 0 saturated carbocycles. The molecule has 5 nitrogen and oxygen atoms in total. The summed E-state index contributed by atoms with van der Waals surface area (Å²) in [6.07, 6.45) is 1.99. The van der Waals surface area contributed by atoms with Crippen molar-refractivity contribution in [1.82, 2.24) is 4.57 Å². The Balaban J connectivity index is 1.98. The lowest BCUT2D eigenvalue weighted by molar-refractivity contribution is -0.138. The van der Waals surface area contributed by atoms with Gasteiger partial charge in [-0.3, -0.25) is 9.59 Å². The Kier molecular flexibility index (Phi) is 5.37. The molecule has 1 heterocycles. The van der Waals surface area contributed by atoms with Crippen LogP contribution in [0.25, 0.3) is 10.9 Å². The number of rotatable bonds is 7. The lowest BCUT2D eigenvalue weighted by Crippen LogP contribution is -2.16. The summed E-state index contributed by atoms with van der Waals surface area (Å²) in [5, 5.41) is 19.5. The molecule has 0 spiro atoms. The number of nitriles is 1. The molecule has 1 atom stereocenters. The largest absolute Gasteiger partial charge is 0.481 e. The van der Waals surface area contributed by atoms with Crippen molar-refractivity contribution >= 4 is 22.7 Å². The fourth-order valence-corrected chi connectivity index (χ4v) is 3.28. The van der Waals surface area contributed by atoms with Gasteiger partial charge in [0.2, 0.25) is 0 Å². The molecular formula is C22H20N2O3. The molecule has 1 N–H and O–H groups in total. The van der Waals surface area contributed by atoms with Gasteiger partial charge >= 0.3 is 5.97 Å². The number of para-hydroxylation sites is 1. The van der Waals surface area contributed by atoms with Gasteiger partial charge in [-0.1, -0.05) is 48.0 Å². The van der Waals surface area contributed by atoms with Crippen LogP contribution in [0.15, 0.2) is 54.7 Å². The number of carbonyl (C=O) groups is 2. The zero-order valence-electron chi connectivity index (χ0n) is 15.1. The van der Waals surface area contributed by atoms with Crippen molar-refractivity contribution in [3.63, 3.8) is 0 Å². The molecule has 0 aliphatic rings. The first kappa shape index (κ1) is 18.4. The standard InChI is InChI=1S/C22H20N2O3/c1-15-7-9-16(10-8-15)21(25)13-18(22(26)27)19-14-24(12-4-11-23)20-6-3-2-5-17(19)20/h2-3,5-10,14,18H,4,12-13H2,1H3,(H,26,27)/t18-/m1/s1. The molecule has 27 heavy (non-hydrogen) atoms. The first-order valence-corrected chi connectivity index (χ1v) is 8.78. The Morgan fingerprint density at radius 1 is 1.15 bits per heavy atom. The Hall–Kier alpha value is -3.39. The Labute approximate surface area is 157 Å². The predicted octanol–water partition coefficient (Wildman–Crippen LogP) is 4.30. The summed E-state index contributed by atoms with van der Waals surface area (Å²) in [6.45, 7) is 2.42. The summed E-state index contributed by atoms with van der Waals surface area (Å²) in [5.41, 5.74) is 3.04. The summed E-state index contributed by atoms with van der Waals surface area (Å²) in [4.78, 5) is 24.6. The average Bonchev–Trinajstić information content (AvgIpc) is 3.03. The third-order valence-corrected chi connectivity index (χ3v) is 4.72. The van der Waals surface area contributed by atoms with Crippen molar-refractivity contribution in [2.24, 2.45) is 0 Å². The van der Waals surface area contributed by atoms with E-state index >= 15 is 0 Å². The molecule has 136 valence electrons. The minimum absolute atomic E-state index is 0.106. The molecule has 0 aliphatic heterocycles. The molecule has 1 aromatic heterocycles. The normalized spacial score (nSPS) is 11.9. The molecule has 2 aromatic carbocycles. The van der Waals surface area contributed by atoms with E-state index in [9.17, 15) is 14.7 Å². The smallest absolute Gasteiger partial charge is 0.311 e. The quantitative estimate of drug-likeness (QED) is 0.637. The summed E-state index contributed by atoms with van der Waals surface area (Å²) in [7, 11) is 0. The van der Waals surface area contributed by atoms with Crippen molar-refractivity contribution in [3.05, 3.63) is 71.4 Å². The van der Waals surface area contributed by atoms with Gasteiger partial charge < -0.3 is 9.67 Å². The minimum Gasteiger partial charge on any atom is -0.481 e. The maximum absolute atomic E-state index is 12.6. The highest BCUT2D eigenvalue weighted by atomic mass is 16.4. The second kappa shape index (κ2) is 7.88. The predicted molar refractivity (Wildman–Crippen MR) is 103 cm³/mol. The molecule has 0 amide bonds. The molecule has 0 saturated heterocycles. The third kappa shape index (κ3) is 3.90. The molecular weight excluding hydrogens is 340 g/mol. The Morgan fingerprint density at radius 3 is 2.52 bits per heavy atom. The number of carboxylic acids is 1. The number of nitrogens with zero attached hydrogens (tertiary/aromatic N) is 2. The van der Waals surface area contributed by atoms with Crippen LogP contribution in [0.2, 0.25) is 0 Å². The number of aryl methyl sites for hydroxylation is 2. The van der Waals surface area contributed by atoms with E-state index in [1.807, 2.05) is 47.9 Å². The van der Waals surface area contributed by atoms with Crippen molar-refractivity contribution in [3.8, 4) is 6.07 Å². The van der Waals surface area contributed by atoms with E-state index < -0.39 is 11.9 Å². The van der Waals surface area contributed by atoms with Gasteiger partial charge in [-0.25, -0.2) is 0 Å². The van der Waals surface area contributed by atoms with Gasteiger partial charge in [-0.05, 0) is 18.6 Å². The lowest BCUT2D eigenvalue weighted by Gasteiger charge is -2.11. The van der Waals surface area contributed by atoms with Crippen LogP contribution in [0.5, 0.6) is 0 Å². The van der Waals surface area contributed by atoms with E-state index in [2.05, 4.69) is 6.07 Å². The number of hydrogen-bond donors (Lipinski definition) is 1. The van der Waals surface area contributed by atoms with Crippen LogP contribution >= 0.6 is 0 Å². The molecule has 3 aromatic rings. The molecule has 0 bridgehead atoms. The first-order chi connectivity index (χ1) is 13.0. The number of aliphatic carboxylic acids is 1. The van der Waals surface area contributed by atoms with Crippen LogP contribution in [0, 0.1) is 18.3 Å². The number of carbonyl (C=O) groups excluding carboxylic acids is 1. The molecule has 0 aliphatic carbocycles. The van der Waals surface area contributed by atoms with Gasteiger partial charge in [0.1, 0.15) is 0 Å². The highest BCUT2D eigenvalue weighted by molar-refractivity contribution is 6.00. The molecule has 0 unspecified atom stereocenters. The summed E-state index contributed by atoms with van der Waals surface area (Å²) >= 11 is 0. The second-order valence-electron chi connectivity index (χ2n) is 6.59. The van der Waals surface area contributed by atoms with Crippen LogP contribution in [0.3, 0.4) is 0 Å². The van der Waals surface area contributed by atoms with Crippen molar-refractivity contribution in [1.29, 1.82) is 5.26 Å². The van der Waals surface area contributed by atoms with Gasteiger partial charge in [-0.15, -0.1) is 0 Å². The van der Waals surface area contributed by atoms with Crippen LogP contribution in [0.4, 0.5) is 0 Å². The number of aromatic nitrogens is 1. The molecule has 3 rings (SSSR count). The van der Waals surface area contributed by atoms with Crippen LogP contribution in [0.1, 0.15) is 40.2 Å². The SMILES string of the molecule is Cc1ccc(C(=O)C[C@@H](C(=O)O)c2cn(CCC#N)c3ccccc23)cc1. The van der Waals surface area contributed by atoms with E-state index in [0.29, 0.717) is 24.1 Å². The number of fused-ring (bicyclic) bond motifs is 1. The van der Waals surface area contributed by atoms with E-state index in [0.717, 1.165) is 16.5 Å². The summed E-state index contributed by atoms with van der Waals surface area (Å²) in [5.74, 6) is -2.16. The molecule has 0 radical (unpaired) electrons. The maximum Gasteiger partial charge on any atom is 0.311 e. The van der Waals surface area contributed by atoms with E-state index in [1.54, 1.807) is 18.3 Å². The second-order valence-corrected chi connectivity index (χ2v) is 6.59. The number of carboxylic acid groups (broad SMARTS) is 1. The zero-order chi connectivity index (χ0) is 19.4. The minimum atomic E-state index is -1.03. The van der Waals surface area contributed by atoms with E-state index in [4.69, 9.17) is 5.26 Å². The van der Waals surface area contributed by atoms with Crippen molar-refractivity contribution < 1.29 is 14.7 Å². The van der Waals surface area contributed by atoms with E-state index in [-0.39, 0.29) is 12.2 Å². The summed E-state index contributed by atoms with van der Waals surface area (Å²) in [6, 6.07) is 16.7. The monoisotopic (exact) mass is 360 g/mol. The highest BCUT2D eigenvalue weighted by Crippen LogP contribution is 2.31. The van der Waals surface area contributed by atoms with Gasteiger partial charge in [0.05, 0.1) is 18.4 Å². The van der Waals surface area contributed by atoms with Gasteiger partial charge in [0.25, 0.3) is 0 Å². The first-order valence-electron chi connectivity index (χ1n) is 8.78. The number of ketones is 1. The molecule has 5 heteroatoms. The third-order valence-electron chi connectivity index (χ3n) is 4.72. The number of Topliss-reactive ketones (excluding diaryl/α,β-unsaturated/α-hetero) is 1. The maximum atomic E-state index is 12.6. The molecule has 0 fully saturated rings. The topological polar surface area (TPSA) is 83.1 Å². The number of hydrogen-bond acceptors (Lipinski definition) is 3. The van der Waals surface area contributed by atoms with Crippen molar-refractivity contribution in [2.45, 2.75) is 32.2 Å². The van der Waals surface area contributed by atoms with Crippen LogP contribution in [-0.4, -0.2) is 21.4 Å². The summed E-state index contributed by atoms with van der Waals surface area (Å²) < 4.78 is 1.89. The zero-order valence-corrected chi connectivity index (χ0v) is 15.1. The van der Waals surface area contributed by atoms with Gasteiger partial charge in [0.15, 0.2) is 5.78 Å². The van der Waals surface area contributed by atoms with Gasteiger partial charge in [-0.2, -0.15) is 5.26 Å². The number of benzene rings is 2. The fraction of sp³-hybridized carbons (Fsp3) is 0.227. The van der Waals surface area contributed by atoms with E-state index in [1.165, 1.54) is 0 Å². The average molecular weight is 360 g/mol. The fourth-order valence-electron chi connectivity index (χ4n) is 3.28. The lowest BCUT2D eigenvalue weighted by atomic mass is 9.91. The van der Waals surface area contributed by atoms with Gasteiger partial charge in [0, 0.05) is 35.6 Å². The van der Waals surface area contributed by atoms with Crippen molar-refractivity contribution in [2.75, 3.05) is 0 Å². The Morgan fingerprint density at radius 2 is 1.85 bits per heavy atom. The Bertz CT molecular complexity index is 1030. The van der Waals surface area contributed by atoms with Crippen LogP contribution in [-0.2, 0) is 11.3 Å². The highest BCUT2D eigenvalue weighted by Gasteiger charge is 2.27. The van der Waals surface area contributed by atoms with Crippen LogP contribution < -0.4 is 0 Å².